The maximum Gasteiger partial charge on any atom is 0.264 e. The second-order valence-corrected chi connectivity index (χ2v) is 5.16. The Bertz CT molecular complexity index is 571. The van der Waals surface area contributed by atoms with E-state index >= 15 is 0 Å². The van der Waals surface area contributed by atoms with Crippen molar-refractivity contribution in [1.29, 1.82) is 0 Å². The molecule has 0 spiro atoms. The molecule has 1 unspecified atom stereocenters. The highest BCUT2D eigenvalue weighted by molar-refractivity contribution is 8.14. The summed E-state index contributed by atoms with van der Waals surface area (Å²) < 4.78 is 0. The summed E-state index contributed by atoms with van der Waals surface area (Å²) in [6.45, 7) is 0. The third-order valence-corrected chi connectivity index (χ3v) is 3.79. The number of ketones is 1. The Morgan fingerprint density at radius 1 is 1.25 bits per heavy atom. The molecule has 0 saturated carbocycles. The molecule has 1 fully saturated rings. The summed E-state index contributed by atoms with van der Waals surface area (Å²) in [5.41, 5.74) is 0.461. The van der Waals surface area contributed by atoms with Crippen molar-refractivity contribution >= 4 is 34.5 Å². The summed E-state index contributed by atoms with van der Waals surface area (Å²) in [6, 6.07) is 8.43. The van der Waals surface area contributed by atoms with Gasteiger partial charge in [0.2, 0.25) is 5.12 Å². The summed E-state index contributed by atoms with van der Waals surface area (Å²) in [5, 5.41) is 8.73. The normalized spacial score (nSPS) is 18.4. The number of nitrogens with zero attached hydrogens (tertiary/aromatic N) is 1. The van der Waals surface area contributed by atoms with Gasteiger partial charge in [0.05, 0.1) is 5.75 Å². The van der Waals surface area contributed by atoms with Crippen LogP contribution in [0, 0.1) is 5.92 Å². The third kappa shape index (κ3) is 2.94. The zero-order chi connectivity index (χ0) is 14.7. The van der Waals surface area contributed by atoms with Gasteiger partial charge in [0.15, 0.2) is 5.78 Å². The van der Waals surface area contributed by atoms with Gasteiger partial charge in [-0.15, -0.1) is 0 Å². The molecule has 0 aliphatic carbocycles. The number of hydrogen-bond donors (Lipinski definition) is 1. The lowest BCUT2D eigenvalue weighted by atomic mass is 10.0. The SMILES string of the molecule is O=C(SCC(=O)C1CC(=O)N(O)C1=O)c1ccccc1. The highest BCUT2D eigenvalue weighted by atomic mass is 32.2. The number of benzene rings is 1. The summed E-state index contributed by atoms with van der Waals surface area (Å²) in [5.74, 6) is -3.64. The first-order chi connectivity index (χ1) is 9.50. The van der Waals surface area contributed by atoms with Crippen molar-refractivity contribution < 1.29 is 24.4 Å². The molecular formula is C13H11NO5S. The molecule has 1 aliphatic rings. The van der Waals surface area contributed by atoms with Crippen molar-refractivity contribution in [1.82, 2.24) is 5.06 Å². The molecule has 0 bridgehead atoms. The maximum atomic E-state index is 11.8. The Hall–Kier alpha value is -1.99. The summed E-state index contributed by atoms with van der Waals surface area (Å²) in [6.07, 6.45) is -0.339. The predicted molar refractivity (Wildman–Crippen MR) is 70.0 cm³/mol. The minimum absolute atomic E-state index is 0.0355. The van der Waals surface area contributed by atoms with E-state index in [1.54, 1.807) is 30.3 Å². The van der Waals surface area contributed by atoms with Crippen LogP contribution >= 0.6 is 11.8 Å². The highest BCUT2D eigenvalue weighted by Crippen LogP contribution is 2.21. The summed E-state index contributed by atoms with van der Waals surface area (Å²) in [4.78, 5) is 46.1. The van der Waals surface area contributed by atoms with E-state index in [-0.39, 0.29) is 22.4 Å². The second-order valence-electron chi connectivity index (χ2n) is 4.21. The zero-order valence-electron chi connectivity index (χ0n) is 10.3. The molecule has 1 saturated heterocycles. The second kappa shape index (κ2) is 5.98. The molecule has 20 heavy (non-hydrogen) atoms. The summed E-state index contributed by atoms with van der Waals surface area (Å²) in [7, 11) is 0. The lowest BCUT2D eigenvalue weighted by Gasteiger charge is -2.06. The van der Waals surface area contributed by atoms with Crippen LogP contribution in [0.2, 0.25) is 0 Å². The molecule has 104 valence electrons. The number of rotatable bonds is 4. The Labute approximate surface area is 118 Å². The lowest BCUT2D eigenvalue weighted by Crippen LogP contribution is -2.30. The van der Waals surface area contributed by atoms with E-state index in [2.05, 4.69) is 0 Å². The first kappa shape index (κ1) is 14.4. The van der Waals surface area contributed by atoms with Gasteiger partial charge in [-0.1, -0.05) is 42.1 Å². The van der Waals surface area contributed by atoms with Gasteiger partial charge in [-0.3, -0.25) is 24.4 Å². The van der Waals surface area contributed by atoms with Gasteiger partial charge in [-0.25, -0.2) is 0 Å². The molecular weight excluding hydrogens is 282 g/mol. The standard InChI is InChI=1S/C13H11NO5S/c15-10(9-6-11(16)14(19)12(9)17)7-20-13(18)8-4-2-1-3-5-8/h1-5,9,19H,6-7H2. The van der Waals surface area contributed by atoms with Crippen LogP contribution in [0.25, 0.3) is 0 Å². The molecule has 0 radical (unpaired) electrons. The fourth-order valence-corrected chi connectivity index (χ4v) is 2.54. The first-order valence-electron chi connectivity index (χ1n) is 5.81. The Morgan fingerprint density at radius 3 is 2.45 bits per heavy atom. The van der Waals surface area contributed by atoms with E-state index in [4.69, 9.17) is 5.21 Å². The summed E-state index contributed by atoms with van der Waals surface area (Å²) >= 11 is 0.777. The van der Waals surface area contributed by atoms with Crippen molar-refractivity contribution in [2.24, 2.45) is 5.92 Å². The number of amides is 2. The fourth-order valence-electron chi connectivity index (χ4n) is 1.77. The van der Waals surface area contributed by atoms with E-state index in [0.717, 1.165) is 11.8 Å². The topological polar surface area (TPSA) is 91.8 Å². The molecule has 1 aromatic rings. The van der Waals surface area contributed by atoms with Crippen molar-refractivity contribution in [3.8, 4) is 0 Å². The number of imide groups is 1. The van der Waals surface area contributed by atoms with Crippen LogP contribution < -0.4 is 0 Å². The van der Waals surface area contributed by atoms with Gasteiger partial charge >= 0.3 is 0 Å². The first-order valence-corrected chi connectivity index (χ1v) is 6.80. The predicted octanol–water partition coefficient (Wildman–Crippen LogP) is 0.893. The molecule has 2 rings (SSSR count). The van der Waals surface area contributed by atoms with E-state index in [1.165, 1.54) is 0 Å². The minimum Gasteiger partial charge on any atom is -0.298 e. The molecule has 1 N–H and O–H groups in total. The number of Topliss-reactive ketones (excluding diaryl/α,β-unsaturated/α-hetero) is 1. The van der Waals surface area contributed by atoms with Gasteiger partial charge in [-0.2, -0.15) is 5.06 Å². The third-order valence-electron chi connectivity index (χ3n) is 2.87. The average Bonchev–Trinajstić information content (AvgIpc) is 2.73. The number of hydroxylamine groups is 2. The van der Waals surface area contributed by atoms with Crippen molar-refractivity contribution in [3.05, 3.63) is 35.9 Å². The number of carbonyl (C=O) groups excluding carboxylic acids is 4. The van der Waals surface area contributed by atoms with Crippen LogP contribution in [0.5, 0.6) is 0 Å². The molecule has 7 heteroatoms. The maximum absolute atomic E-state index is 11.8. The molecule has 1 atom stereocenters. The Kier molecular flexibility index (Phi) is 4.31. The largest absolute Gasteiger partial charge is 0.298 e. The van der Waals surface area contributed by atoms with Crippen LogP contribution in [0.4, 0.5) is 0 Å². The van der Waals surface area contributed by atoms with Crippen LogP contribution in [0.3, 0.4) is 0 Å². The van der Waals surface area contributed by atoms with Crippen LogP contribution in [0.15, 0.2) is 30.3 Å². The molecule has 1 aromatic carbocycles. The van der Waals surface area contributed by atoms with Gasteiger partial charge in [0.1, 0.15) is 5.92 Å². The van der Waals surface area contributed by atoms with Crippen LogP contribution in [0.1, 0.15) is 16.8 Å². The minimum atomic E-state index is -1.18. The van der Waals surface area contributed by atoms with Crippen molar-refractivity contribution in [3.63, 3.8) is 0 Å². The van der Waals surface area contributed by atoms with Gasteiger partial charge in [0, 0.05) is 12.0 Å². The number of carbonyl (C=O) groups is 4. The van der Waals surface area contributed by atoms with Crippen LogP contribution in [-0.4, -0.2) is 38.7 Å². The molecule has 2 amide bonds. The van der Waals surface area contributed by atoms with Crippen molar-refractivity contribution in [2.75, 3.05) is 5.75 Å². The van der Waals surface area contributed by atoms with E-state index in [0.29, 0.717) is 5.56 Å². The number of hydrogen-bond acceptors (Lipinski definition) is 6. The average molecular weight is 293 g/mol. The monoisotopic (exact) mass is 293 g/mol. The van der Waals surface area contributed by atoms with E-state index in [9.17, 15) is 19.2 Å². The number of thioether (sulfide) groups is 1. The fraction of sp³-hybridized carbons (Fsp3) is 0.231. The van der Waals surface area contributed by atoms with Crippen molar-refractivity contribution in [2.45, 2.75) is 6.42 Å². The molecule has 0 aromatic heterocycles. The lowest BCUT2D eigenvalue weighted by molar-refractivity contribution is -0.172. The zero-order valence-corrected chi connectivity index (χ0v) is 11.1. The van der Waals surface area contributed by atoms with Gasteiger partial charge in [-0.05, 0) is 0 Å². The van der Waals surface area contributed by atoms with E-state index < -0.39 is 23.5 Å². The quantitative estimate of drug-likeness (QED) is 0.503. The van der Waals surface area contributed by atoms with E-state index in [1.807, 2.05) is 0 Å². The van der Waals surface area contributed by atoms with Gasteiger partial charge < -0.3 is 0 Å². The molecule has 1 heterocycles. The Morgan fingerprint density at radius 2 is 1.90 bits per heavy atom. The highest BCUT2D eigenvalue weighted by Gasteiger charge is 2.42. The Balaban J connectivity index is 1.92. The van der Waals surface area contributed by atoms with Crippen LogP contribution in [-0.2, 0) is 14.4 Å². The molecule has 1 aliphatic heterocycles. The van der Waals surface area contributed by atoms with Gasteiger partial charge in [0.25, 0.3) is 11.8 Å². The smallest absolute Gasteiger partial charge is 0.264 e. The molecule has 6 nitrogen and oxygen atoms in total.